The molecule has 0 saturated carbocycles. The predicted molar refractivity (Wildman–Crippen MR) is 127 cm³/mol. The van der Waals surface area contributed by atoms with Crippen LogP contribution in [0.1, 0.15) is 6.92 Å². The number of methoxy groups -OCH3 is 1. The molecular weight excluding hydrogens is 434 g/mol. The SMILES string of the molecule is COc1cc2ncnc(-c3cn(C)nc3-c3ccccc3)c2cc1OC(=O)N1CCOC[C@H]1C. The van der Waals surface area contributed by atoms with Crippen LogP contribution in [0.5, 0.6) is 11.5 Å². The van der Waals surface area contributed by atoms with Crippen molar-refractivity contribution in [1.82, 2.24) is 24.6 Å². The number of amides is 1. The minimum absolute atomic E-state index is 0.0737. The van der Waals surface area contributed by atoms with Crippen LogP contribution in [0.3, 0.4) is 0 Å². The summed E-state index contributed by atoms with van der Waals surface area (Å²) in [4.78, 5) is 23.6. The zero-order valence-electron chi connectivity index (χ0n) is 19.3. The lowest BCUT2D eigenvalue weighted by atomic mass is 10.0. The molecule has 34 heavy (non-hydrogen) atoms. The topological polar surface area (TPSA) is 91.6 Å². The van der Waals surface area contributed by atoms with Gasteiger partial charge in [-0.15, -0.1) is 0 Å². The Morgan fingerprint density at radius 2 is 1.94 bits per heavy atom. The van der Waals surface area contributed by atoms with Gasteiger partial charge in [-0.1, -0.05) is 30.3 Å². The monoisotopic (exact) mass is 459 g/mol. The summed E-state index contributed by atoms with van der Waals surface area (Å²) >= 11 is 0. The van der Waals surface area contributed by atoms with Gasteiger partial charge in [0.25, 0.3) is 0 Å². The van der Waals surface area contributed by atoms with Crippen molar-refractivity contribution in [1.29, 1.82) is 0 Å². The van der Waals surface area contributed by atoms with Gasteiger partial charge >= 0.3 is 6.09 Å². The summed E-state index contributed by atoms with van der Waals surface area (Å²) in [5.41, 5.74) is 4.00. The maximum atomic E-state index is 12.9. The molecule has 0 spiro atoms. The van der Waals surface area contributed by atoms with Crippen molar-refractivity contribution in [3.63, 3.8) is 0 Å². The summed E-state index contributed by atoms with van der Waals surface area (Å²) in [6.45, 7) is 3.36. The zero-order valence-corrected chi connectivity index (χ0v) is 19.3. The molecule has 4 aromatic rings. The number of morpholine rings is 1. The van der Waals surface area contributed by atoms with Crippen molar-refractivity contribution in [2.24, 2.45) is 7.05 Å². The minimum atomic E-state index is -0.446. The largest absolute Gasteiger partial charge is 0.493 e. The first-order valence-electron chi connectivity index (χ1n) is 11.0. The van der Waals surface area contributed by atoms with E-state index in [4.69, 9.17) is 14.2 Å². The number of hydrogen-bond acceptors (Lipinski definition) is 7. The highest BCUT2D eigenvalue weighted by Gasteiger charge is 2.27. The van der Waals surface area contributed by atoms with Crippen molar-refractivity contribution < 1.29 is 19.0 Å². The molecule has 2 aromatic heterocycles. The van der Waals surface area contributed by atoms with Crippen molar-refractivity contribution in [2.75, 3.05) is 26.9 Å². The van der Waals surface area contributed by atoms with E-state index in [2.05, 4.69) is 15.1 Å². The molecule has 1 aliphatic rings. The van der Waals surface area contributed by atoms with E-state index in [1.54, 1.807) is 21.7 Å². The molecule has 0 aliphatic carbocycles. The van der Waals surface area contributed by atoms with E-state index in [0.29, 0.717) is 42.5 Å². The summed E-state index contributed by atoms with van der Waals surface area (Å²) in [5, 5.41) is 5.39. The second kappa shape index (κ2) is 9.11. The maximum Gasteiger partial charge on any atom is 0.415 e. The molecule has 9 nitrogen and oxygen atoms in total. The number of benzene rings is 2. The summed E-state index contributed by atoms with van der Waals surface area (Å²) < 4.78 is 18.5. The second-order valence-corrected chi connectivity index (χ2v) is 8.16. The lowest BCUT2D eigenvalue weighted by molar-refractivity contribution is 0.00834. The van der Waals surface area contributed by atoms with Gasteiger partial charge in [-0.2, -0.15) is 5.10 Å². The van der Waals surface area contributed by atoms with E-state index in [9.17, 15) is 4.79 Å². The molecule has 1 atom stereocenters. The van der Waals surface area contributed by atoms with E-state index in [1.807, 2.05) is 50.5 Å². The summed E-state index contributed by atoms with van der Waals surface area (Å²) in [6.07, 6.45) is 2.99. The summed E-state index contributed by atoms with van der Waals surface area (Å²) in [6, 6.07) is 13.4. The third-order valence-corrected chi connectivity index (χ3v) is 5.85. The molecule has 1 amide bonds. The van der Waals surface area contributed by atoms with Crippen molar-refractivity contribution in [3.05, 3.63) is 55.0 Å². The number of carbonyl (C=O) groups is 1. The van der Waals surface area contributed by atoms with Crippen molar-refractivity contribution >= 4 is 17.0 Å². The molecular formula is C25H25N5O4. The highest BCUT2D eigenvalue weighted by atomic mass is 16.6. The number of ether oxygens (including phenoxy) is 3. The van der Waals surface area contributed by atoms with Gasteiger partial charge in [0.1, 0.15) is 12.0 Å². The Kier molecular flexibility index (Phi) is 5.85. The fraction of sp³-hybridized carbons (Fsp3) is 0.280. The minimum Gasteiger partial charge on any atom is -0.493 e. The van der Waals surface area contributed by atoms with Gasteiger partial charge < -0.3 is 19.1 Å². The van der Waals surface area contributed by atoms with Crippen LogP contribution >= 0.6 is 0 Å². The third-order valence-electron chi connectivity index (χ3n) is 5.85. The molecule has 0 radical (unpaired) electrons. The van der Waals surface area contributed by atoms with Crippen LogP contribution in [0.25, 0.3) is 33.4 Å². The first-order chi connectivity index (χ1) is 16.5. The Morgan fingerprint density at radius 3 is 2.71 bits per heavy atom. The number of aromatic nitrogens is 4. The van der Waals surface area contributed by atoms with Crippen LogP contribution < -0.4 is 9.47 Å². The molecule has 9 heteroatoms. The smallest absolute Gasteiger partial charge is 0.415 e. The first-order valence-corrected chi connectivity index (χ1v) is 11.0. The van der Waals surface area contributed by atoms with Gasteiger partial charge in [-0.25, -0.2) is 14.8 Å². The van der Waals surface area contributed by atoms with Gasteiger partial charge in [-0.05, 0) is 13.0 Å². The van der Waals surface area contributed by atoms with Crippen LogP contribution in [-0.2, 0) is 11.8 Å². The molecule has 174 valence electrons. The fourth-order valence-electron chi connectivity index (χ4n) is 4.14. The summed E-state index contributed by atoms with van der Waals surface area (Å²) in [5.74, 6) is 0.723. The lowest BCUT2D eigenvalue weighted by Crippen LogP contribution is -2.48. The van der Waals surface area contributed by atoms with Gasteiger partial charge in [-0.3, -0.25) is 4.68 Å². The van der Waals surface area contributed by atoms with Crippen LogP contribution in [-0.4, -0.2) is 63.7 Å². The van der Waals surface area contributed by atoms with E-state index in [-0.39, 0.29) is 6.04 Å². The Morgan fingerprint density at radius 1 is 1.12 bits per heavy atom. The quantitative estimate of drug-likeness (QED) is 0.457. The predicted octanol–water partition coefficient (Wildman–Crippen LogP) is 3.93. The normalized spacial score (nSPS) is 16.0. The van der Waals surface area contributed by atoms with E-state index < -0.39 is 6.09 Å². The molecule has 0 bridgehead atoms. The molecule has 1 aliphatic heterocycles. The van der Waals surface area contributed by atoms with Gasteiger partial charge in [0.2, 0.25) is 0 Å². The third kappa shape index (κ3) is 4.06. The summed E-state index contributed by atoms with van der Waals surface area (Å²) in [7, 11) is 3.41. The van der Waals surface area contributed by atoms with Gasteiger partial charge in [0, 0.05) is 42.4 Å². The Balaban J connectivity index is 1.60. The van der Waals surface area contributed by atoms with E-state index in [1.165, 1.54) is 13.4 Å². The second-order valence-electron chi connectivity index (χ2n) is 8.16. The van der Waals surface area contributed by atoms with Gasteiger partial charge in [0.15, 0.2) is 11.5 Å². The zero-order chi connectivity index (χ0) is 23.7. The number of aryl methyl sites for hydroxylation is 1. The molecule has 0 N–H and O–H groups in total. The first kappa shape index (κ1) is 21.8. The average Bonchev–Trinajstić information content (AvgIpc) is 3.25. The molecule has 5 rings (SSSR count). The highest BCUT2D eigenvalue weighted by molar-refractivity contribution is 5.97. The Labute approximate surface area is 196 Å². The molecule has 0 unspecified atom stereocenters. The number of fused-ring (bicyclic) bond motifs is 1. The van der Waals surface area contributed by atoms with Crippen molar-refractivity contribution in [2.45, 2.75) is 13.0 Å². The highest BCUT2D eigenvalue weighted by Crippen LogP contribution is 2.38. The standard InChI is InChI=1S/C25H25N5O4/c1-16-14-33-10-9-30(16)25(31)34-22-11-18-20(12-21(22)32-3)26-15-27-24(18)19-13-29(2)28-23(19)17-7-5-4-6-8-17/h4-8,11-13,15-16H,9-10,14H2,1-3H3/t16-/m1/s1. The molecule has 1 fully saturated rings. The maximum absolute atomic E-state index is 12.9. The van der Waals surface area contributed by atoms with Crippen LogP contribution in [0.4, 0.5) is 4.79 Å². The Bertz CT molecular complexity index is 1340. The van der Waals surface area contributed by atoms with Crippen LogP contribution in [0.15, 0.2) is 55.0 Å². The lowest BCUT2D eigenvalue weighted by Gasteiger charge is -2.32. The number of rotatable bonds is 4. The average molecular weight is 460 g/mol. The fourth-order valence-corrected chi connectivity index (χ4v) is 4.14. The Hall–Kier alpha value is -3.98. The number of nitrogens with zero attached hydrogens (tertiary/aromatic N) is 5. The molecule has 2 aromatic carbocycles. The van der Waals surface area contributed by atoms with E-state index in [0.717, 1.165) is 22.2 Å². The molecule has 3 heterocycles. The number of hydrogen-bond donors (Lipinski definition) is 0. The van der Waals surface area contributed by atoms with Crippen LogP contribution in [0, 0.1) is 0 Å². The van der Waals surface area contributed by atoms with E-state index >= 15 is 0 Å². The van der Waals surface area contributed by atoms with Crippen molar-refractivity contribution in [3.8, 4) is 34.0 Å². The number of carbonyl (C=O) groups excluding carboxylic acids is 1. The van der Waals surface area contributed by atoms with Gasteiger partial charge in [0.05, 0.1) is 37.6 Å². The molecule has 1 saturated heterocycles. The van der Waals surface area contributed by atoms with Crippen LogP contribution in [0.2, 0.25) is 0 Å².